The molecule has 0 aliphatic carbocycles. The monoisotopic (exact) mass is 405 g/mol. The van der Waals surface area contributed by atoms with Crippen LogP contribution in [0.15, 0.2) is 30.7 Å². The van der Waals surface area contributed by atoms with E-state index in [4.69, 9.17) is 17.0 Å². The van der Waals surface area contributed by atoms with Crippen molar-refractivity contribution in [1.82, 2.24) is 14.8 Å². The molecule has 0 spiro atoms. The van der Waals surface area contributed by atoms with Crippen LogP contribution in [0.3, 0.4) is 0 Å². The summed E-state index contributed by atoms with van der Waals surface area (Å²) in [7, 11) is 0. The molecule has 140 valence electrons. The first kappa shape index (κ1) is 20.2. The first-order valence-electron chi connectivity index (χ1n) is 7.48. The average molecular weight is 406 g/mol. The zero-order valence-electron chi connectivity index (χ0n) is 13.6. The van der Waals surface area contributed by atoms with Crippen molar-refractivity contribution in [2.24, 2.45) is 0 Å². The molecule has 0 radical (unpaired) electrons. The maximum Gasteiger partial charge on any atom is 0.389 e. The molecule has 2 aromatic heterocycles. The fourth-order valence-corrected chi connectivity index (χ4v) is 3.03. The predicted molar refractivity (Wildman–Crippen MR) is 95.3 cm³/mol. The number of halogens is 4. The zero-order chi connectivity index (χ0) is 19.3. The Bertz CT molecular complexity index is 781. The number of nitrogens with one attached hydrogen (secondary N) is 1. The Morgan fingerprint density at radius 2 is 2.19 bits per heavy atom. The van der Waals surface area contributed by atoms with Crippen molar-refractivity contribution in [3.63, 3.8) is 0 Å². The molecule has 11 heteroatoms. The van der Waals surface area contributed by atoms with Gasteiger partial charge in [0, 0.05) is 18.5 Å². The first-order valence-corrected chi connectivity index (χ1v) is 8.85. The molecular formula is C15H15ClF3N5OS. The van der Waals surface area contributed by atoms with Gasteiger partial charge in [0.2, 0.25) is 0 Å². The second kappa shape index (κ2) is 8.54. The van der Waals surface area contributed by atoms with E-state index in [-0.39, 0.29) is 17.4 Å². The highest BCUT2D eigenvalue weighted by molar-refractivity contribution is 8.15. The number of carbonyl (C=O) groups excluding carboxylic acids is 1. The molecule has 0 aliphatic rings. The second-order valence-corrected chi connectivity index (χ2v) is 6.52. The number of anilines is 1. The van der Waals surface area contributed by atoms with Gasteiger partial charge in [-0.15, -0.1) is 11.8 Å². The molecule has 0 fully saturated rings. The highest BCUT2D eigenvalue weighted by Gasteiger charge is 2.28. The summed E-state index contributed by atoms with van der Waals surface area (Å²) in [6.07, 6.45) is -0.736. The highest BCUT2D eigenvalue weighted by Crippen LogP contribution is 2.27. The number of amides is 1. The minimum Gasteiger partial charge on any atom is -0.303 e. The van der Waals surface area contributed by atoms with Gasteiger partial charge in [0.25, 0.3) is 5.91 Å². The molecule has 0 saturated carbocycles. The number of carbonyl (C=O) groups is 1. The summed E-state index contributed by atoms with van der Waals surface area (Å²) >= 11 is 6.66. The predicted octanol–water partition coefficient (Wildman–Crippen LogP) is 3.94. The van der Waals surface area contributed by atoms with Gasteiger partial charge < -0.3 is 4.90 Å². The molecule has 2 aromatic rings. The van der Waals surface area contributed by atoms with E-state index in [1.807, 2.05) is 0 Å². The van der Waals surface area contributed by atoms with Gasteiger partial charge in [-0.1, -0.05) is 11.6 Å². The van der Waals surface area contributed by atoms with Crippen molar-refractivity contribution in [3.05, 3.63) is 35.9 Å². The Labute approximate surface area is 156 Å². The quantitative estimate of drug-likeness (QED) is 0.604. The van der Waals surface area contributed by atoms with E-state index in [1.165, 1.54) is 15.8 Å². The molecule has 6 nitrogen and oxygen atoms in total. The summed E-state index contributed by atoms with van der Waals surface area (Å²) in [5.41, 5.74) is 0.892. The van der Waals surface area contributed by atoms with Gasteiger partial charge in [-0.05, 0) is 19.1 Å². The third-order valence-electron chi connectivity index (χ3n) is 3.24. The van der Waals surface area contributed by atoms with Gasteiger partial charge in [0.15, 0.2) is 10.2 Å². The largest absolute Gasteiger partial charge is 0.389 e. The molecule has 1 N–H and O–H groups in total. The Balaban J connectivity index is 2.14. The lowest BCUT2D eigenvalue weighted by Gasteiger charge is -2.19. The van der Waals surface area contributed by atoms with E-state index < -0.39 is 29.3 Å². The smallest absolute Gasteiger partial charge is 0.303 e. The van der Waals surface area contributed by atoms with Crippen molar-refractivity contribution >= 4 is 40.0 Å². The van der Waals surface area contributed by atoms with Gasteiger partial charge in [0.05, 0.1) is 24.5 Å². The number of pyridine rings is 1. The first-order chi connectivity index (χ1) is 12.2. The van der Waals surface area contributed by atoms with Crippen LogP contribution in [0, 0.1) is 5.41 Å². The van der Waals surface area contributed by atoms with Crippen LogP contribution in [0.5, 0.6) is 0 Å². The number of hydrogen-bond donors (Lipinski definition) is 1. The molecule has 2 rings (SSSR count). The minimum atomic E-state index is -4.32. The van der Waals surface area contributed by atoms with Crippen LogP contribution < -0.4 is 4.90 Å². The van der Waals surface area contributed by atoms with Crippen molar-refractivity contribution in [2.45, 2.75) is 19.5 Å². The summed E-state index contributed by atoms with van der Waals surface area (Å²) in [6, 6.07) is 3.45. The van der Waals surface area contributed by atoms with Crippen LogP contribution in [0.4, 0.5) is 18.9 Å². The molecule has 0 atom stereocenters. The Hall–Kier alpha value is -2.07. The van der Waals surface area contributed by atoms with E-state index in [9.17, 15) is 18.0 Å². The lowest BCUT2D eigenvalue weighted by molar-refractivity contribution is -0.129. The minimum absolute atomic E-state index is 0.0390. The van der Waals surface area contributed by atoms with Crippen molar-refractivity contribution in [1.29, 1.82) is 5.41 Å². The normalized spacial score (nSPS) is 11.4. The Kier molecular flexibility index (Phi) is 6.65. The maximum atomic E-state index is 12.4. The third-order valence-corrected chi connectivity index (χ3v) is 4.38. The SMILES string of the molecule is CCN(C(=O)C(=N)SCCC(F)(F)F)c1cn(-c2cccnc2)nc1Cl. The van der Waals surface area contributed by atoms with Crippen molar-refractivity contribution in [3.8, 4) is 5.69 Å². The molecule has 0 aliphatic heterocycles. The molecule has 0 aromatic carbocycles. The number of hydrogen-bond acceptors (Lipinski definition) is 5. The Morgan fingerprint density at radius 3 is 2.77 bits per heavy atom. The number of alkyl halides is 3. The molecule has 0 saturated heterocycles. The third kappa shape index (κ3) is 5.21. The van der Waals surface area contributed by atoms with Crippen molar-refractivity contribution < 1.29 is 18.0 Å². The highest BCUT2D eigenvalue weighted by atomic mass is 35.5. The molecule has 1 amide bonds. The fourth-order valence-electron chi connectivity index (χ4n) is 2.02. The topological polar surface area (TPSA) is 74.9 Å². The van der Waals surface area contributed by atoms with Crippen molar-refractivity contribution in [2.75, 3.05) is 17.2 Å². The number of thioether (sulfide) groups is 1. The zero-order valence-corrected chi connectivity index (χ0v) is 15.2. The lowest BCUT2D eigenvalue weighted by atomic mass is 10.4. The van der Waals surface area contributed by atoms with Gasteiger partial charge >= 0.3 is 6.18 Å². The van der Waals surface area contributed by atoms with Crippen LogP contribution >= 0.6 is 23.4 Å². The van der Waals surface area contributed by atoms with Gasteiger partial charge in [-0.3, -0.25) is 15.2 Å². The molecule has 26 heavy (non-hydrogen) atoms. The van der Waals surface area contributed by atoms with E-state index in [0.29, 0.717) is 17.4 Å². The molecular weight excluding hydrogens is 391 g/mol. The maximum absolute atomic E-state index is 12.4. The van der Waals surface area contributed by atoms with Gasteiger partial charge in [-0.25, -0.2) is 4.68 Å². The van der Waals surface area contributed by atoms with Crippen LogP contribution in [-0.2, 0) is 4.79 Å². The summed E-state index contributed by atoms with van der Waals surface area (Å²) in [5, 5.41) is 11.4. The van der Waals surface area contributed by atoms with Gasteiger partial charge in [0.1, 0.15) is 5.69 Å². The van der Waals surface area contributed by atoms with E-state index >= 15 is 0 Å². The summed E-state index contributed by atoms with van der Waals surface area (Å²) in [5.74, 6) is -1.12. The van der Waals surface area contributed by atoms with E-state index in [2.05, 4.69) is 10.1 Å². The van der Waals surface area contributed by atoms with E-state index in [0.717, 1.165) is 0 Å². The summed E-state index contributed by atoms with van der Waals surface area (Å²) < 4.78 is 38.0. The summed E-state index contributed by atoms with van der Waals surface area (Å²) in [4.78, 5) is 17.6. The fraction of sp³-hybridized carbons (Fsp3) is 0.333. The Morgan fingerprint density at radius 1 is 1.46 bits per heavy atom. The number of rotatable bonds is 5. The van der Waals surface area contributed by atoms with Crippen LogP contribution in [0.2, 0.25) is 5.15 Å². The molecule has 0 bridgehead atoms. The van der Waals surface area contributed by atoms with Gasteiger partial charge in [-0.2, -0.15) is 18.3 Å². The van der Waals surface area contributed by atoms with Crippen LogP contribution in [0.25, 0.3) is 5.69 Å². The lowest BCUT2D eigenvalue weighted by Crippen LogP contribution is -2.35. The summed E-state index contributed by atoms with van der Waals surface area (Å²) in [6.45, 7) is 1.85. The van der Waals surface area contributed by atoms with Crippen LogP contribution in [-0.4, -0.2) is 44.2 Å². The van der Waals surface area contributed by atoms with Crippen LogP contribution in [0.1, 0.15) is 13.3 Å². The molecule has 0 unspecified atom stereocenters. The average Bonchev–Trinajstić information content (AvgIpc) is 2.97. The standard InChI is InChI=1S/C15H15ClF3N5OS/c1-2-23(14(25)13(20)26-7-5-15(17,18)19)11-9-24(22-12(11)16)10-4-3-6-21-8-10/h3-4,6,8-9,20H,2,5,7H2,1H3. The number of nitrogens with zero attached hydrogens (tertiary/aromatic N) is 4. The number of aromatic nitrogens is 3. The molecule has 2 heterocycles. The van der Waals surface area contributed by atoms with E-state index in [1.54, 1.807) is 31.5 Å². The second-order valence-electron chi connectivity index (χ2n) is 5.05.